The van der Waals surface area contributed by atoms with Gasteiger partial charge in [-0.15, -0.1) is 12.7 Å². The van der Waals surface area contributed by atoms with Crippen molar-refractivity contribution in [2.24, 2.45) is 29.6 Å². The Labute approximate surface area is 359 Å². The summed E-state index contributed by atoms with van der Waals surface area (Å²) in [6.07, 6.45) is -7.55. The van der Waals surface area contributed by atoms with Gasteiger partial charge in [0, 0.05) is 66.8 Å². The molecule has 60 heavy (non-hydrogen) atoms. The number of Topliss-reactive ketones (excluding diaryl/α,β-unsaturated/α-hetero) is 1. The quantitative estimate of drug-likeness (QED) is 0.223. The van der Waals surface area contributed by atoms with Crippen LogP contribution in [0.3, 0.4) is 0 Å². The molecule has 3 aliphatic rings. The van der Waals surface area contributed by atoms with Crippen LogP contribution < -0.4 is 9.80 Å². The third-order valence-electron chi connectivity index (χ3n) is 13.4. The minimum absolute atomic E-state index is 0.119. The molecule has 2 aromatic rings. The molecular weight excluding hydrogens is 791 g/mol. The molecule has 5 rings (SSSR count). The van der Waals surface area contributed by atoms with Crippen molar-refractivity contribution in [1.82, 2.24) is 0 Å². The van der Waals surface area contributed by atoms with Crippen LogP contribution in [0.5, 0.6) is 0 Å². The number of cyclic esters (lactones) is 1. The van der Waals surface area contributed by atoms with Gasteiger partial charge in [0.05, 0.1) is 46.8 Å². The van der Waals surface area contributed by atoms with Gasteiger partial charge in [-0.25, -0.2) is 9.69 Å². The van der Waals surface area contributed by atoms with Gasteiger partial charge in [0.2, 0.25) is 0 Å². The molecule has 14 atom stereocenters. The normalized spacial score (nSPS) is 37.9. The zero-order valence-corrected chi connectivity index (χ0v) is 38.1. The van der Waals surface area contributed by atoms with Crippen LogP contribution in [-0.4, -0.2) is 120 Å². The van der Waals surface area contributed by atoms with E-state index in [0.717, 1.165) is 15.5 Å². The molecule has 2 saturated heterocycles. The maximum atomic E-state index is 15.1. The summed E-state index contributed by atoms with van der Waals surface area (Å²) in [5, 5.41) is 51.6. The maximum Gasteiger partial charge on any atom is 0.419 e. The van der Waals surface area contributed by atoms with E-state index >= 15 is 4.79 Å². The lowest BCUT2D eigenvalue weighted by Gasteiger charge is -2.50. The number of benzene rings is 2. The van der Waals surface area contributed by atoms with Crippen molar-refractivity contribution in [3.63, 3.8) is 0 Å². The van der Waals surface area contributed by atoms with E-state index in [1.807, 2.05) is 43.3 Å². The molecule has 3 aliphatic heterocycles. The number of methoxy groups -OCH3 is 1. The van der Waals surface area contributed by atoms with Crippen molar-refractivity contribution < 1.29 is 53.8 Å². The molecule has 334 valence electrons. The molecule has 0 aromatic heterocycles. The number of hydrogen-bond donors (Lipinski definition) is 4. The Morgan fingerprint density at radius 3 is 2.15 bits per heavy atom. The molecule has 3 heterocycles. The first-order valence-corrected chi connectivity index (χ1v) is 21.7. The van der Waals surface area contributed by atoms with Crippen molar-refractivity contribution in [3.8, 4) is 0 Å². The highest BCUT2D eigenvalue weighted by molar-refractivity contribution is 7.99. The van der Waals surface area contributed by atoms with Gasteiger partial charge in [-0.2, -0.15) is 0 Å². The summed E-state index contributed by atoms with van der Waals surface area (Å²) < 4.78 is 25.0. The molecule has 1 amide bonds. The van der Waals surface area contributed by atoms with Gasteiger partial charge >= 0.3 is 12.1 Å². The van der Waals surface area contributed by atoms with E-state index in [2.05, 4.69) is 5.32 Å². The number of amides is 1. The number of ether oxygens (including phenoxy) is 4. The Hall–Kier alpha value is -3.44. The fraction of sp³-hybridized carbons (Fsp3) is 0.667. The number of fused-ring (bicyclic) bond motifs is 2. The Balaban J connectivity index is 1.69. The second-order valence-electron chi connectivity index (χ2n) is 18.1. The van der Waals surface area contributed by atoms with Crippen molar-refractivity contribution in [2.45, 2.75) is 145 Å². The van der Waals surface area contributed by atoms with E-state index in [9.17, 15) is 30.0 Å². The van der Waals surface area contributed by atoms with Gasteiger partial charge < -0.3 is 49.6 Å². The van der Waals surface area contributed by atoms with E-state index in [-0.39, 0.29) is 19.3 Å². The molecular formula is C45H66N3O11S-. The van der Waals surface area contributed by atoms with E-state index in [1.54, 1.807) is 60.7 Å². The number of hydrogen-bond acceptors (Lipinski definition) is 13. The molecule has 0 saturated carbocycles. The van der Waals surface area contributed by atoms with E-state index < -0.39 is 101 Å². The number of nitrogens with zero attached hydrogens (tertiary/aromatic N) is 3. The van der Waals surface area contributed by atoms with Crippen molar-refractivity contribution in [3.05, 3.63) is 41.7 Å². The highest BCUT2D eigenvalue weighted by atomic mass is 32.2. The van der Waals surface area contributed by atoms with E-state index in [1.165, 1.54) is 44.5 Å². The molecule has 14 nitrogen and oxygen atoms in total. The summed E-state index contributed by atoms with van der Waals surface area (Å²) in [5.74, 6) is -5.92. The lowest BCUT2D eigenvalue weighted by atomic mass is 9.68. The van der Waals surface area contributed by atoms with Crippen LogP contribution in [0.15, 0.2) is 46.2 Å². The van der Waals surface area contributed by atoms with Gasteiger partial charge in [-0.05, 0) is 64.8 Å². The number of carbonyl (C=O) groups is 3. The fourth-order valence-electron chi connectivity index (χ4n) is 9.68. The minimum atomic E-state index is -2.02. The Kier molecular flexibility index (Phi) is 14.4. The highest BCUT2D eigenvalue weighted by Gasteiger charge is 2.55. The molecule has 2 aromatic carbocycles. The SMILES string of the molecule is CC[C@H]1OC(=O)[C@H](C)C([C@H]2C[C@@](C)(OC)[C@@H](O)[C@H](C)O2)[C@H](C)[C@@H](OC(=O)N2c3ccc([N-]C)cc3Sc3cc(N(C)C)ccc32)[C@](C)(O)C[C@@H](C)C(=O)[C@H](C)[C@@H](O)[C@]1(C)O. The van der Waals surface area contributed by atoms with Crippen molar-refractivity contribution in [2.75, 3.05) is 38.1 Å². The summed E-state index contributed by atoms with van der Waals surface area (Å²) in [6.45, 7) is 14.6. The van der Waals surface area contributed by atoms with Crippen LogP contribution >= 0.6 is 11.8 Å². The van der Waals surface area contributed by atoms with Crippen LogP contribution in [0, 0.1) is 29.6 Å². The Morgan fingerprint density at radius 1 is 0.950 bits per heavy atom. The first kappa shape index (κ1) is 47.6. The Bertz CT molecular complexity index is 1890. The highest BCUT2D eigenvalue weighted by Crippen LogP contribution is 2.52. The third-order valence-corrected chi connectivity index (χ3v) is 14.5. The largest absolute Gasteiger partial charge is 0.687 e. The molecule has 1 unspecified atom stereocenters. The number of rotatable bonds is 6. The van der Waals surface area contributed by atoms with Crippen molar-refractivity contribution >= 4 is 52.4 Å². The molecule has 0 radical (unpaired) electrons. The van der Waals surface area contributed by atoms with Gasteiger partial charge in [0.1, 0.15) is 29.7 Å². The Morgan fingerprint density at radius 2 is 1.57 bits per heavy atom. The average molecular weight is 857 g/mol. The van der Waals surface area contributed by atoms with Gasteiger partial charge in [0.25, 0.3) is 0 Å². The topological polar surface area (TPSA) is 190 Å². The van der Waals surface area contributed by atoms with Crippen LogP contribution in [-0.2, 0) is 28.5 Å². The van der Waals surface area contributed by atoms with E-state index in [0.29, 0.717) is 17.1 Å². The van der Waals surface area contributed by atoms with Crippen LogP contribution in [0.4, 0.5) is 27.5 Å². The fourth-order valence-corrected chi connectivity index (χ4v) is 10.8. The minimum Gasteiger partial charge on any atom is -0.687 e. The number of carbonyl (C=O) groups excluding carboxylic acids is 3. The van der Waals surface area contributed by atoms with Crippen molar-refractivity contribution in [1.29, 1.82) is 0 Å². The van der Waals surface area contributed by atoms with Crippen LogP contribution in [0.2, 0.25) is 0 Å². The number of anilines is 3. The lowest BCUT2D eigenvalue weighted by molar-refractivity contribution is -0.239. The van der Waals surface area contributed by atoms with Crippen LogP contribution in [0.1, 0.15) is 81.6 Å². The predicted octanol–water partition coefficient (Wildman–Crippen LogP) is 6.76. The first-order chi connectivity index (χ1) is 27.9. The number of ketones is 1. The average Bonchev–Trinajstić information content (AvgIpc) is 3.20. The number of esters is 1. The summed E-state index contributed by atoms with van der Waals surface area (Å²) in [5.41, 5.74) is -2.31. The summed E-state index contributed by atoms with van der Waals surface area (Å²) in [4.78, 5) is 48.6. The zero-order chi connectivity index (χ0) is 44.8. The standard InChI is InChI=1S/C45H66N3O11S/c1-14-35-45(9,55)38(50)26(5)37(49)23(2)21-43(7,54)40(24(3)36(25(4)41(52)58-35)32-22-44(8,56-13)39(51)27(6)57-32)59-42(53)48-30-17-15-28(46-10)19-33(30)60-34-20-29(47(11)12)16-18-31(34)48/h15-20,23-27,32,35-36,38-40,50-51,54-55H,14,21-22H2,1-13H3/q-1/t23-,24+,25-,26+,27+,32-,35-,36?,38-,39+,40-,43-,44-,45-/m1/s1. The summed E-state index contributed by atoms with van der Waals surface area (Å²) in [6, 6.07) is 11.2. The van der Waals surface area contributed by atoms with Gasteiger partial charge in [0.15, 0.2) is 0 Å². The molecule has 15 heteroatoms. The monoisotopic (exact) mass is 856 g/mol. The zero-order valence-electron chi connectivity index (χ0n) is 37.3. The molecule has 2 fully saturated rings. The summed E-state index contributed by atoms with van der Waals surface area (Å²) in [7, 11) is 7.04. The second-order valence-corrected chi connectivity index (χ2v) is 19.2. The number of aliphatic hydroxyl groups is 4. The lowest BCUT2D eigenvalue weighted by Crippen LogP contribution is -2.61. The smallest absolute Gasteiger partial charge is 0.419 e. The first-order valence-electron chi connectivity index (χ1n) is 20.9. The molecule has 0 aliphatic carbocycles. The molecule has 0 spiro atoms. The van der Waals surface area contributed by atoms with Crippen LogP contribution in [0.25, 0.3) is 5.32 Å². The number of aliphatic hydroxyl groups excluding tert-OH is 2. The van der Waals surface area contributed by atoms with Gasteiger partial charge in [-0.3, -0.25) is 9.59 Å². The summed E-state index contributed by atoms with van der Waals surface area (Å²) >= 11 is 1.49. The maximum absolute atomic E-state index is 15.1. The third kappa shape index (κ3) is 9.04. The second kappa shape index (κ2) is 18.1. The predicted molar refractivity (Wildman–Crippen MR) is 230 cm³/mol. The van der Waals surface area contributed by atoms with E-state index in [4.69, 9.17) is 18.9 Å². The molecule has 4 N–H and O–H groups in total. The molecule has 0 bridgehead atoms. The van der Waals surface area contributed by atoms with Gasteiger partial charge in [-0.1, -0.05) is 58.5 Å².